The molecule has 0 aromatic heterocycles. The fourth-order valence-corrected chi connectivity index (χ4v) is 1.01. The van der Waals surface area contributed by atoms with Crippen LogP contribution in [0.1, 0.15) is 20.8 Å². The third kappa shape index (κ3) is 3.74. The Hall–Kier alpha value is -1.10. The van der Waals surface area contributed by atoms with Crippen LogP contribution in [0.3, 0.4) is 0 Å². The van der Waals surface area contributed by atoms with Crippen molar-refractivity contribution >= 4 is 11.8 Å². The average molecular weight is 202 g/mol. The van der Waals surface area contributed by atoms with Gasteiger partial charge in [-0.2, -0.15) is 0 Å². The first-order chi connectivity index (χ1) is 6.40. The van der Waals surface area contributed by atoms with Crippen LogP contribution in [-0.2, 0) is 9.59 Å². The van der Waals surface area contributed by atoms with Gasteiger partial charge in [0.05, 0.1) is 12.6 Å². The van der Waals surface area contributed by atoms with Crippen LogP contribution in [0.5, 0.6) is 0 Å². The molecule has 0 radical (unpaired) electrons. The standard InChI is InChI=1S/C9H18N2O3/c1-6(5-12)11(4)9(14)7(2)10-8(3)13/h6-7,12H,5H2,1-4H3,(H,10,13). The van der Waals surface area contributed by atoms with E-state index >= 15 is 0 Å². The molecule has 5 nitrogen and oxygen atoms in total. The predicted octanol–water partition coefficient (Wildman–Crippen LogP) is -0.650. The summed E-state index contributed by atoms with van der Waals surface area (Å²) in [7, 11) is 1.60. The molecule has 2 N–H and O–H groups in total. The first-order valence-corrected chi connectivity index (χ1v) is 4.54. The normalized spacial score (nSPS) is 14.4. The van der Waals surface area contributed by atoms with E-state index < -0.39 is 6.04 Å². The van der Waals surface area contributed by atoms with E-state index in [-0.39, 0.29) is 24.5 Å². The van der Waals surface area contributed by atoms with E-state index in [0.717, 1.165) is 0 Å². The van der Waals surface area contributed by atoms with Gasteiger partial charge in [0.25, 0.3) is 0 Å². The molecule has 0 aromatic carbocycles. The first-order valence-electron chi connectivity index (χ1n) is 4.54. The number of aliphatic hydroxyl groups is 1. The lowest BCUT2D eigenvalue weighted by atomic mass is 10.2. The summed E-state index contributed by atoms with van der Waals surface area (Å²) in [6.07, 6.45) is 0. The molecular weight excluding hydrogens is 184 g/mol. The van der Waals surface area contributed by atoms with Gasteiger partial charge in [0.15, 0.2) is 0 Å². The number of carbonyl (C=O) groups excluding carboxylic acids is 2. The molecule has 0 aromatic rings. The van der Waals surface area contributed by atoms with Crippen molar-refractivity contribution in [2.75, 3.05) is 13.7 Å². The second kappa shape index (κ2) is 5.59. The first kappa shape index (κ1) is 12.9. The Balaban J connectivity index is 4.23. The van der Waals surface area contributed by atoms with E-state index in [0.29, 0.717) is 0 Å². The lowest BCUT2D eigenvalue weighted by Gasteiger charge is -2.26. The maximum atomic E-state index is 11.6. The molecule has 2 atom stereocenters. The Kier molecular flexibility index (Phi) is 5.15. The van der Waals surface area contributed by atoms with Gasteiger partial charge in [0.1, 0.15) is 6.04 Å². The van der Waals surface area contributed by atoms with Crippen LogP contribution >= 0.6 is 0 Å². The zero-order chi connectivity index (χ0) is 11.3. The minimum absolute atomic E-state index is 0.0883. The van der Waals surface area contributed by atoms with Crippen molar-refractivity contribution in [1.29, 1.82) is 0 Å². The quantitative estimate of drug-likeness (QED) is 0.636. The molecule has 2 unspecified atom stereocenters. The van der Waals surface area contributed by atoms with E-state index in [1.54, 1.807) is 20.9 Å². The Morgan fingerprint density at radius 3 is 2.29 bits per heavy atom. The van der Waals surface area contributed by atoms with Gasteiger partial charge >= 0.3 is 0 Å². The van der Waals surface area contributed by atoms with Crippen LogP contribution < -0.4 is 5.32 Å². The fraction of sp³-hybridized carbons (Fsp3) is 0.778. The van der Waals surface area contributed by atoms with Crippen molar-refractivity contribution in [3.8, 4) is 0 Å². The fourth-order valence-electron chi connectivity index (χ4n) is 1.01. The minimum Gasteiger partial charge on any atom is -0.394 e. The summed E-state index contributed by atoms with van der Waals surface area (Å²) >= 11 is 0. The number of likely N-dealkylation sites (N-methyl/N-ethyl adjacent to an activating group) is 1. The maximum absolute atomic E-state index is 11.6. The van der Waals surface area contributed by atoms with Crippen molar-refractivity contribution < 1.29 is 14.7 Å². The van der Waals surface area contributed by atoms with Crippen molar-refractivity contribution in [2.24, 2.45) is 0 Å². The molecule has 0 fully saturated rings. The number of carbonyl (C=O) groups is 2. The van der Waals surface area contributed by atoms with E-state index in [9.17, 15) is 9.59 Å². The number of nitrogens with zero attached hydrogens (tertiary/aromatic N) is 1. The summed E-state index contributed by atoms with van der Waals surface area (Å²) in [5.74, 6) is -0.447. The van der Waals surface area contributed by atoms with E-state index in [4.69, 9.17) is 5.11 Å². The number of aliphatic hydroxyl groups excluding tert-OH is 1. The van der Waals surface area contributed by atoms with Crippen LogP contribution in [0.2, 0.25) is 0 Å². The summed E-state index contributed by atoms with van der Waals surface area (Å²) in [5.41, 5.74) is 0. The number of nitrogens with one attached hydrogen (secondary N) is 1. The van der Waals surface area contributed by atoms with Gasteiger partial charge in [-0.05, 0) is 13.8 Å². The summed E-state index contributed by atoms with van der Waals surface area (Å²) in [6, 6.07) is -0.787. The predicted molar refractivity (Wildman–Crippen MR) is 52.6 cm³/mol. The van der Waals surface area contributed by atoms with Crippen LogP contribution in [-0.4, -0.2) is 47.6 Å². The zero-order valence-corrected chi connectivity index (χ0v) is 9.07. The minimum atomic E-state index is -0.550. The second-order valence-electron chi connectivity index (χ2n) is 3.40. The highest BCUT2D eigenvalue weighted by Gasteiger charge is 2.21. The monoisotopic (exact) mass is 202 g/mol. The molecule has 0 aliphatic carbocycles. The molecule has 82 valence electrons. The molecule has 14 heavy (non-hydrogen) atoms. The molecule has 0 bridgehead atoms. The molecule has 0 aliphatic rings. The van der Waals surface area contributed by atoms with Crippen molar-refractivity contribution in [3.63, 3.8) is 0 Å². The average Bonchev–Trinajstić information content (AvgIpc) is 2.13. The lowest BCUT2D eigenvalue weighted by molar-refractivity contribution is -0.136. The molecule has 0 spiro atoms. The van der Waals surface area contributed by atoms with Gasteiger partial charge in [0.2, 0.25) is 11.8 Å². The number of amides is 2. The number of hydrogen-bond donors (Lipinski definition) is 2. The van der Waals surface area contributed by atoms with Crippen molar-refractivity contribution in [2.45, 2.75) is 32.9 Å². The summed E-state index contributed by atoms with van der Waals surface area (Å²) in [6.45, 7) is 4.62. The highest BCUT2D eigenvalue weighted by molar-refractivity contribution is 5.86. The van der Waals surface area contributed by atoms with E-state index in [1.807, 2.05) is 0 Å². The van der Waals surface area contributed by atoms with Gasteiger partial charge in [-0.15, -0.1) is 0 Å². The molecule has 5 heteroatoms. The lowest BCUT2D eigenvalue weighted by Crippen LogP contribution is -2.48. The van der Waals surface area contributed by atoms with Crippen molar-refractivity contribution in [1.82, 2.24) is 10.2 Å². The van der Waals surface area contributed by atoms with E-state index in [2.05, 4.69) is 5.32 Å². The molecule has 0 heterocycles. The van der Waals surface area contributed by atoms with E-state index in [1.165, 1.54) is 11.8 Å². The van der Waals surface area contributed by atoms with Crippen molar-refractivity contribution in [3.05, 3.63) is 0 Å². The molecule has 0 saturated heterocycles. The Bertz CT molecular complexity index is 218. The topological polar surface area (TPSA) is 69.6 Å². The van der Waals surface area contributed by atoms with Gasteiger partial charge in [-0.25, -0.2) is 0 Å². The molecular formula is C9H18N2O3. The van der Waals surface area contributed by atoms with Crippen LogP contribution in [0.15, 0.2) is 0 Å². The summed E-state index contributed by atoms with van der Waals surface area (Å²) in [5, 5.41) is 11.3. The Morgan fingerprint density at radius 2 is 1.93 bits per heavy atom. The Morgan fingerprint density at radius 1 is 1.43 bits per heavy atom. The summed E-state index contributed by atoms with van der Waals surface area (Å²) < 4.78 is 0. The van der Waals surface area contributed by atoms with Gasteiger partial charge in [-0.1, -0.05) is 0 Å². The SMILES string of the molecule is CC(=O)NC(C)C(=O)N(C)C(C)CO. The third-order valence-corrected chi connectivity index (χ3v) is 2.06. The summed E-state index contributed by atoms with van der Waals surface area (Å²) in [4.78, 5) is 23.7. The smallest absolute Gasteiger partial charge is 0.244 e. The number of hydrogen-bond acceptors (Lipinski definition) is 3. The third-order valence-electron chi connectivity index (χ3n) is 2.06. The largest absolute Gasteiger partial charge is 0.394 e. The second-order valence-corrected chi connectivity index (χ2v) is 3.40. The Labute approximate surface area is 84.1 Å². The highest BCUT2D eigenvalue weighted by atomic mass is 16.3. The zero-order valence-electron chi connectivity index (χ0n) is 9.07. The maximum Gasteiger partial charge on any atom is 0.244 e. The van der Waals surface area contributed by atoms with Gasteiger partial charge < -0.3 is 15.3 Å². The number of rotatable bonds is 4. The van der Waals surface area contributed by atoms with Gasteiger partial charge in [-0.3, -0.25) is 9.59 Å². The van der Waals surface area contributed by atoms with Crippen LogP contribution in [0, 0.1) is 0 Å². The van der Waals surface area contributed by atoms with Gasteiger partial charge in [0, 0.05) is 14.0 Å². The molecule has 0 aliphatic heterocycles. The van der Waals surface area contributed by atoms with Crippen LogP contribution in [0.25, 0.3) is 0 Å². The van der Waals surface area contributed by atoms with Crippen LogP contribution in [0.4, 0.5) is 0 Å². The highest BCUT2D eigenvalue weighted by Crippen LogP contribution is 1.98. The molecule has 0 saturated carbocycles. The molecule has 2 amide bonds. The molecule has 0 rings (SSSR count).